The molecule has 1 aliphatic carbocycles. The van der Waals surface area contributed by atoms with Crippen molar-refractivity contribution >= 4 is 0 Å². The summed E-state index contributed by atoms with van der Waals surface area (Å²) >= 11 is 0. The van der Waals surface area contributed by atoms with Gasteiger partial charge in [0.1, 0.15) is 0 Å². The molecule has 0 aliphatic heterocycles. The lowest BCUT2D eigenvalue weighted by Crippen LogP contribution is -2.37. The summed E-state index contributed by atoms with van der Waals surface area (Å²) in [5, 5.41) is 22.1. The summed E-state index contributed by atoms with van der Waals surface area (Å²) in [5.74, 6) is 0. The highest BCUT2D eigenvalue weighted by atomic mass is 16.3. The Kier molecular flexibility index (Phi) is 4.70. The Hall–Kier alpha value is -0.120. The molecule has 0 aromatic heterocycles. The third-order valence-electron chi connectivity index (χ3n) is 2.83. The van der Waals surface area contributed by atoms with Crippen LogP contribution in [0, 0.1) is 0 Å². The average molecular weight is 187 g/mol. The van der Waals surface area contributed by atoms with Crippen LogP contribution in [0.2, 0.25) is 0 Å². The molecule has 3 nitrogen and oxygen atoms in total. The van der Waals surface area contributed by atoms with E-state index in [4.69, 9.17) is 0 Å². The van der Waals surface area contributed by atoms with Crippen molar-refractivity contribution < 1.29 is 10.2 Å². The van der Waals surface area contributed by atoms with Crippen LogP contribution in [0.1, 0.15) is 39.0 Å². The molecule has 0 bridgehead atoms. The molecule has 0 aromatic rings. The highest BCUT2D eigenvalue weighted by Crippen LogP contribution is 2.18. The summed E-state index contributed by atoms with van der Waals surface area (Å²) in [5.41, 5.74) is 0. The predicted octanol–water partition coefficient (Wildman–Crippen LogP) is 0.650. The summed E-state index contributed by atoms with van der Waals surface area (Å²) in [6.45, 7) is 2.80. The van der Waals surface area contributed by atoms with E-state index in [9.17, 15) is 10.2 Å². The van der Waals surface area contributed by atoms with Crippen LogP contribution in [0.25, 0.3) is 0 Å². The molecule has 3 N–H and O–H groups in total. The van der Waals surface area contributed by atoms with Crippen LogP contribution in [-0.4, -0.2) is 35.0 Å². The van der Waals surface area contributed by atoms with Gasteiger partial charge in [-0.25, -0.2) is 0 Å². The largest absolute Gasteiger partial charge is 0.393 e. The fourth-order valence-corrected chi connectivity index (χ4v) is 1.82. The van der Waals surface area contributed by atoms with Gasteiger partial charge in [-0.3, -0.25) is 0 Å². The van der Waals surface area contributed by atoms with E-state index in [0.29, 0.717) is 0 Å². The summed E-state index contributed by atoms with van der Waals surface area (Å²) in [6.07, 6.45) is 4.37. The van der Waals surface area contributed by atoms with Gasteiger partial charge in [-0.15, -0.1) is 0 Å². The molecule has 1 aliphatic rings. The van der Waals surface area contributed by atoms with Crippen LogP contribution in [0.3, 0.4) is 0 Å². The van der Waals surface area contributed by atoms with Crippen molar-refractivity contribution in [3.8, 4) is 0 Å². The summed E-state index contributed by atoms with van der Waals surface area (Å²) in [6, 6.07) is 0.268. The minimum absolute atomic E-state index is 0.168. The first kappa shape index (κ1) is 11.0. The molecule has 1 rings (SSSR count). The van der Waals surface area contributed by atoms with E-state index in [2.05, 4.69) is 5.32 Å². The normalized spacial score (nSPS) is 30.7. The number of aliphatic hydroxyl groups excluding tert-OH is 2. The minimum atomic E-state index is -0.189. The van der Waals surface area contributed by atoms with Gasteiger partial charge in [0.25, 0.3) is 0 Å². The lowest BCUT2D eigenvalue weighted by atomic mass is 10.1. The minimum Gasteiger partial charge on any atom is -0.393 e. The van der Waals surface area contributed by atoms with Gasteiger partial charge in [0.2, 0.25) is 0 Å². The van der Waals surface area contributed by atoms with Gasteiger partial charge in [-0.2, -0.15) is 0 Å². The smallest absolute Gasteiger partial charge is 0.0693 e. The van der Waals surface area contributed by atoms with Gasteiger partial charge in [0.05, 0.1) is 12.2 Å². The fourth-order valence-electron chi connectivity index (χ4n) is 1.82. The van der Waals surface area contributed by atoms with E-state index in [-0.39, 0.29) is 18.2 Å². The summed E-state index contributed by atoms with van der Waals surface area (Å²) in [7, 11) is 0. The Labute approximate surface area is 80.2 Å². The Balaban J connectivity index is 2.05. The van der Waals surface area contributed by atoms with Crippen molar-refractivity contribution in [2.45, 2.75) is 57.3 Å². The van der Waals surface area contributed by atoms with E-state index >= 15 is 0 Å². The second-order valence-electron chi connectivity index (χ2n) is 3.91. The third-order valence-corrected chi connectivity index (χ3v) is 2.83. The third kappa shape index (κ3) is 3.63. The molecular weight excluding hydrogens is 166 g/mol. The Bertz CT molecular complexity index is 141. The molecule has 3 heteroatoms. The van der Waals surface area contributed by atoms with Crippen LogP contribution in [-0.2, 0) is 0 Å². The number of nitrogens with one attached hydrogen (secondary N) is 1. The highest BCUT2D eigenvalue weighted by molar-refractivity contribution is 4.82. The van der Waals surface area contributed by atoms with Crippen LogP contribution in [0.15, 0.2) is 0 Å². The van der Waals surface area contributed by atoms with Crippen LogP contribution < -0.4 is 5.32 Å². The first-order valence-electron chi connectivity index (χ1n) is 5.33. The van der Waals surface area contributed by atoms with Crippen molar-refractivity contribution in [2.24, 2.45) is 0 Å². The van der Waals surface area contributed by atoms with Gasteiger partial charge >= 0.3 is 0 Å². The maximum absolute atomic E-state index is 9.49. The molecule has 0 heterocycles. The van der Waals surface area contributed by atoms with Crippen molar-refractivity contribution in [1.82, 2.24) is 5.32 Å². The van der Waals surface area contributed by atoms with Crippen molar-refractivity contribution in [2.75, 3.05) is 6.54 Å². The van der Waals surface area contributed by atoms with Crippen LogP contribution in [0.4, 0.5) is 0 Å². The Morgan fingerprint density at radius 3 is 2.77 bits per heavy atom. The molecule has 78 valence electrons. The number of rotatable bonds is 5. The highest BCUT2D eigenvalue weighted by Gasteiger charge is 2.24. The van der Waals surface area contributed by atoms with Gasteiger partial charge in [0, 0.05) is 6.04 Å². The fraction of sp³-hybridized carbons (Fsp3) is 1.00. The monoisotopic (exact) mass is 187 g/mol. The first-order valence-corrected chi connectivity index (χ1v) is 5.33. The molecule has 0 aromatic carbocycles. The molecule has 3 unspecified atom stereocenters. The molecule has 0 spiro atoms. The Morgan fingerprint density at radius 2 is 2.23 bits per heavy atom. The zero-order valence-corrected chi connectivity index (χ0v) is 8.37. The van der Waals surface area contributed by atoms with E-state index in [1.807, 2.05) is 6.92 Å². The molecule has 1 fully saturated rings. The van der Waals surface area contributed by atoms with E-state index in [0.717, 1.165) is 38.6 Å². The summed E-state index contributed by atoms with van der Waals surface area (Å²) < 4.78 is 0. The van der Waals surface area contributed by atoms with Crippen molar-refractivity contribution in [3.05, 3.63) is 0 Å². The standard InChI is InChI=1S/C10H21NO2/c1-2-8(12)6-7-11-9-4-3-5-10(9)13/h8-13H,2-7H2,1H3. The van der Waals surface area contributed by atoms with Crippen molar-refractivity contribution in [1.29, 1.82) is 0 Å². The lowest BCUT2D eigenvalue weighted by molar-refractivity contribution is 0.135. The van der Waals surface area contributed by atoms with Gasteiger partial charge < -0.3 is 15.5 Å². The number of hydrogen-bond donors (Lipinski definition) is 3. The van der Waals surface area contributed by atoms with E-state index in [1.165, 1.54) is 0 Å². The topological polar surface area (TPSA) is 52.5 Å². The second kappa shape index (κ2) is 5.58. The van der Waals surface area contributed by atoms with E-state index in [1.54, 1.807) is 0 Å². The number of hydrogen-bond acceptors (Lipinski definition) is 3. The summed E-state index contributed by atoms with van der Waals surface area (Å²) in [4.78, 5) is 0. The first-order chi connectivity index (χ1) is 6.24. The maximum atomic E-state index is 9.49. The number of aliphatic hydroxyl groups is 2. The lowest BCUT2D eigenvalue weighted by Gasteiger charge is -2.17. The van der Waals surface area contributed by atoms with Gasteiger partial charge in [-0.05, 0) is 38.6 Å². The Morgan fingerprint density at radius 1 is 1.46 bits per heavy atom. The zero-order valence-electron chi connectivity index (χ0n) is 8.37. The average Bonchev–Trinajstić information content (AvgIpc) is 2.52. The molecule has 0 saturated heterocycles. The molecule has 1 saturated carbocycles. The molecule has 0 radical (unpaired) electrons. The SMILES string of the molecule is CCC(O)CCNC1CCCC1O. The van der Waals surface area contributed by atoms with Gasteiger partial charge in [-0.1, -0.05) is 6.92 Å². The molecule has 13 heavy (non-hydrogen) atoms. The predicted molar refractivity (Wildman–Crippen MR) is 52.6 cm³/mol. The van der Waals surface area contributed by atoms with Crippen LogP contribution in [0.5, 0.6) is 0 Å². The quantitative estimate of drug-likeness (QED) is 0.592. The second-order valence-corrected chi connectivity index (χ2v) is 3.91. The van der Waals surface area contributed by atoms with Crippen molar-refractivity contribution in [3.63, 3.8) is 0 Å². The molecule has 0 amide bonds. The van der Waals surface area contributed by atoms with E-state index < -0.39 is 0 Å². The molecular formula is C10H21NO2. The van der Waals surface area contributed by atoms with Crippen LogP contribution >= 0.6 is 0 Å². The van der Waals surface area contributed by atoms with Gasteiger partial charge in [0.15, 0.2) is 0 Å². The maximum Gasteiger partial charge on any atom is 0.0693 e. The molecule has 3 atom stereocenters. The zero-order chi connectivity index (χ0) is 9.68.